The van der Waals surface area contributed by atoms with Gasteiger partial charge in [-0.3, -0.25) is 4.79 Å². The van der Waals surface area contributed by atoms with E-state index in [9.17, 15) is 13.6 Å². The fourth-order valence-electron chi connectivity index (χ4n) is 5.06. The van der Waals surface area contributed by atoms with E-state index in [-0.39, 0.29) is 46.8 Å². The SMILES string of the molecule is CC(C)(C)OC(=O)C[C@H]1C=C[C@@H](Cc2cccc(-c3cc(F)cc(F)c3)c2F)[C@@H](N)C12CC2. The average Bonchev–Trinajstić information content (AvgIpc) is 3.49. The molecule has 3 atom stereocenters. The molecule has 0 saturated heterocycles. The Balaban J connectivity index is 1.54. The highest BCUT2D eigenvalue weighted by Crippen LogP contribution is 2.59. The Bertz CT molecular complexity index is 1070. The van der Waals surface area contributed by atoms with Crippen molar-refractivity contribution in [2.75, 3.05) is 0 Å². The van der Waals surface area contributed by atoms with E-state index in [1.807, 2.05) is 32.9 Å². The van der Waals surface area contributed by atoms with Crippen LogP contribution in [0.15, 0.2) is 48.6 Å². The Hall–Kier alpha value is -2.60. The number of esters is 1. The molecule has 0 heterocycles. The molecule has 176 valence electrons. The highest BCUT2D eigenvalue weighted by atomic mass is 19.1. The Morgan fingerprint density at radius 2 is 1.76 bits per heavy atom. The zero-order valence-electron chi connectivity index (χ0n) is 19.2. The summed E-state index contributed by atoms with van der Waals surface area (Å²) in [5.74, 6) is -2.34. The first-order chi connectivity index (χ1) is 15.5. The lowest BCUT2D eigenvalue weighted by Gasteiger charge is -2.38. The summed E-state index contributed by atoms with van der Waals surface area (Å²) in [6.45, 7) is 5.53. The minimum Gasteiger partial charge on any atom is -0.460 e. The molecule has 1 saturated carbocycles. The van der Waals surface area contributed by atoms with E-state index in [0.29, 0.717) is 12.0 Å². The quantitative estimate of drug-likeness (QED) is 0.446. The van der Waals surface area contributed by atoms with Crippen LogP contribution in [0.3, 0.4) is 0 Å². The van der Waals surface area contributed by atoms with Crippen molar-refractivity contribution in [1.82, 2.24) is 0 Å². The van der Waals surface area contributed by atoms with E-state index in [1.54, 1.807) is 12.1 Å². The Morgan fingerprint density at radius 3 is 2.36 bits per heavy atom. The predicted octanol–water partition coefficient (Wildman–Crippen LogP) is 5.95. The Kier molecular flexibility index (Phi) is 6.16. The molecule has 0 aromatic heterocycles. The van der Waals surface area contributed by atoms with Gasteiger partial charge in [0, 0.05) is 17.7 Å². The first-order valence-corrected chi connectivity index (χ1v) is 11.4. The van der Waals surface area contributed by atoms with Crippen LogP contribution in [0.1, 0.15) is 45.6 Å². The number of carbonyl (C=O) groups excluding carboxylic acids is 1. The maximum absolute atomic E-state index is 15.3. The van der Waals surface area contributed by atoms with Crippen molar-refractivity contribution in [2.24, 2.45) is 23.0 Å². The molecule has 2 N–H and O–H groups in total. The Morgan fingerprint density at radius 1 is 1.09 bits per heavy atom. The Labute approximate surface area is 192 Å². The topological polar surface area (TPSA) is 52.3 Å². The van der Waals surface area contributed by atoms with Gasteiger partial charge in [0.25, 0.3) is 0 Å². The fourth-order valence-corrected chi connectivity index (χ4v) is 5.06. The van der Waals surface area contributed by atoms with Crippen LogP contribution in [-0.2, 0) is 16.0 Å². The number of carbonyl (C=O) groups is 1. The van der Waals surface area contributed by atoms with Gasteiger partial charge in [0.15, 0.2) is 0 Å². The van der Waals surface area contributed by atoms with Gasteiger partial charge in [-0.25, -0.2) is 13.2 Å². The van der Waals surface area contributed by atoms with Crippen LogP contribution >= 0.6 is 0 Å². The van der Waals surface area contributed by atoms with E-state index >= 15 is 4.39 Å². The molecule has 2 aromatic rings. The number of benzene rings is 2. The minimum absolute atomic E-state index is 0.00468. The van der Waals surface area contributed by atoms with E-state index in [1.165, 1.54) is 6.07 Å². The normalized spacial score (nSPS) is 23.5. The molecule has 0 unspecified atom stereocenters. The monoisotopic (exact) mass is 457 g/mol. The number of ether oxygens (including phenoxy) is 1. The molecular formula is C27H30F3NO2. The van der Waals surface area contributed by atoms with E-state index in [4.69, 9.17) is 10.5 Å². The van der Waals surface area contributed by atoms with Gasteiger partial charge < -0.3 is 10.5 Å². The smallest absolute Gasteiger partial charge is 0.306 e. The molecule has 33 heavy (non-hydrogen) atoms. The number of allylic oxidation sites excluding steroid dienone is 1. The van der Waals surface area contributed by atoms with Crippen molar-refractivity contribution in [3.05, 3.63) is 71.6 Å². The van der Waals surface area contributed by atoms with Crippen LogP contribution in [0.25, 0.3) is 11.1 Å². The first-order valence-electron chi connectivity index (χ1n) is 11.4. The highest BCUT2D eigenvalue weighted by Gasteiger charge is 2.56. The second kappa shape index (κ2) is 8.64. The number of hydrogen-bond donors (Lipinski definition) is 1. The van der Waals surface area contributed by atoms with E-state index in [0.717, 1.165) is 31.0 Å². The van der Waals surface area contributed by atoms with Gasteiger partial charge in [0.1, 0.15) is 23.1 Å². The van der Waals surface area contributed by atoms with Gasteiger partial charge in [-0.15, -0.1) is 0 Å². The molecule has 2 aliphatic carbocycles. The van der Waals surface area contributed by atoms with Crippen LogP contribution < -0.4 is 5.73 Å². The van der Waals surface area contributed by atoms with Gasteiger partial charge >= 0.3 is 5.97 Å². The van der Waals surface area contributed by atoms with E-state index < -0.39 is 23.1 Å². The second-order valence-corrected chi connectivity index (χ2v) is 10.3. The summed E-state index contributed by atoms with van der Waals surface area (Å²) in [4.78, 5) is 12.4. The van der Waals surface area contributed by atoms with Crippen molar-refractivity contribution in [1.29, 1.82) is 0 Å². The molecule has 2 aromatic carbocycles. The van der Waals surface area contributed by atoms with Gasteiger partial charge in [0.2, 0.25) is 0 Å². The largest absolute Gasteiger partial charge is 0.460 e. The summed E-state index contributed by atoms with van der Waals surface area (Å²) in [6, 6.07) is 7.68. The van der Waals surface area contributed by atoms with Gasteiger partial charge in [0.05, 0.1) is 6.42 Å². The molecule has 3 nitrogen and oxygen atoms in total. The zero-order chi connectivity index (χ0) is 24.0. The summed E-state index contributed by atoms with van der Waals surface area (Å²) < 4.78 is 48.2. The lowest BCUT2D eigenvalue weighted by atomic mass is 9.69. The van der Waals surface area contributed by atoms with Gasteiger partial charge in [-0.1, -0.05) is 30.4 Å². The minimum atomic E-state index is -0.751. The summed E-state index contributed by atoms with van der Waals surface area (Å²) in [6.07, 6.45) is 6.52. The first kappa shape index (κ1) is 23.6. The summed E-state index contributed by atoms with van der Waals surface area (Å²) in [5.41, 5.74) is 6.73. The molecule has 0 amide bonds. The van der Waals surface area contributed by atoms with Crippen molar-refractivity contribution >= 4 is 5.97 Å². The summed E-state index contributed by atoms with van der Waals surface area (Å²) >= 11 is 0. The molecule has 0 bridgehead atoms. The van der Waals surface area contributed by atoms with Crippen LogP contribution in [0.4, 0.5) is 13.2 Å². The lowest BCUT2D eigenvalue weighted by Crippen LogP contribution is -2.46. The molecule has 1 fully saturated rings. The van der Waals surface area contributed by atoms with Crippen LogP contribution in [0.5, 0.6) is 0 Å². The predicted molar refractivity (Wildman–Crippen MR) is 122 cm³/mol. The fraction of sp³-hybridized carbons (Fsp3) is 0.444. The van der Waals surface area contributed by atoms with Crippen molar-refractivity contribution < 1.29 is 22.7 Å². The zero-order valence-corrected chi connectivity index (χ0v) is 19.2. The van der Waals surface area contributed by atoms with Crippen LogP contribution in [0, 0.1) is 34.7 Å². The maximum atomic E-state index is 15.3. The molecule has 1 spiro atoms. The third-order valence-electron chi connectivity index (χ3n) is 6.80. The molecule has 4 rings (SSSR count). The summed E-state index contributed by atoms with van der Waals surface area (Å²) in [5, 5.41) is 0. The van der Waals surface area contributed by atoms with Gasteiger partial charge in [-0.05, 0) is 80.5 Å². The molecular weight excluding hydrogens is 427 g/mol. The van der Waals surface area contributed by atoms with Crippen LogP contribution in [0.2, 0.25) is 0 Å². The maximum Gasteiger partial charge on any atom is 0.306 e. The standard InChI is InChI=1S/C27H30F3NO2/c1-26(2,3)33-23(32)14-19-8-7-17(25(31)27(19)9-10-27)11-16-5-4-6-22(24(16)30)18-12-20(28)15-21(29)13-18/h4-8,12-13,15,17,19,25H,9-11,14,31H2,1-3H3/t17-,19+,25+/m0/s1. The number of halogens is 3. The highest BCUT2D eigenvalue weighted by molar-refractivity contribution is 5.71. The summed E-state index contributed by atoms with van der Waals surface area (Å²) in [7, 11) is 0. The second-order valence-electron chi connectivity index (χ2n) is 10.3. The molecule has 2 aliphatic rings. The van der Waals surface area contributed by atoms with Crippen molar-refractivity contribution in [3.8, 4) is 11.1 Å². The average molecular weight is 458 g/mol. The molecule has 6 heteroatoms. The lowest BCUT2D eigenvalue weighted by molar-refractivity contribution is -0.156. The van der Waals surface area contributed by atoms with Crippen LogP contribution in [-0.4, -0.2) is 17.6 Å². The van der Waals surface area contributed by atoms with E-state index in [2.05, 4.69) is 0 Å². The van der Waals surface area contributed by atoms with Crippen molar-refractivity contribution in [3.63, 3.8) is 0 Å². The third kappa shape index (κ3) is 5.01. The van der Waals surface area contributed by atoms with Crippen molar-refractivity contribution in [2.45, 2.75) is 58.1 Å². The third-order valence-corrected chi connectivity index (χ3v) is 6.80. The van der Waals surface area contributed by atoms with Gasteiger partial charge in [-0.2, -0.15) is 0 Å². The number of nitrogens with two attached hydrogens (primary N) is 1. The number of rotatable bonds is 5. The number of hydrogen-bond acceptors (Lipinski definition) is 3. The molecule has 0 radical (unpaired) electrons. The molecule has 0 aliphatic heterocycles.